The van der Waals surface area contributed by atoms with Crippen LogP contribution in [0.2, 0.25) is 5.02 Å². The predicted molar refractivity (Wildman–Crippen MR) is 100 cm³/mol. The van der Waals surface area contributed by atoms with Gasteiger partial charge in [0.2, 0.25) is 5.91 Å². The molecular weight excluding hydrogens is 352 g/mol. The van der Waals surface area contributed by atoms with E-state index in [2.05, 4.69) is 16.6 Å². The van der Waals surface area contributed by atoms with Crippen molar-refractivity contribution >= 4 is 29.2 Å². The van der Waals surface area contributed by atoms with E-state index in [1.807, 2.05) is 0 Å². The SMILES string of the molecule is C#CCNC(=O)CCNC(=O)c1ccccc1C(=O)c1ccc(Cl)cc1. The minimum Gasteiger partial charge on any atom is -0.351 e. The molecule has 0 aromatic heterocycles. The lowest BCUT2D eigenvalue weighted by molar-refractivity contribution is -0.120. The second-order valence-electron chi connectivity index (χ2n) is 5.37. The van der Waals surface area contributed by atoms with Gasteiger partial charge in [-0.3, -0.25) is 14.4 Å². The number of hydrogen-bond donors (Lipinski definition) is 2. The third kappa shape index (κ3) is 5.20. The second kappa shape index (κ2) is 9.40. The van der Waals surface area contributed by atoms with E-state index in [4.69, 9.17) is 18.0 Å². The van der Waals surface area contributed by atoms with Crippen LogP contribution in [0.25, 0.3) is 0 Å². The van der Waals surface area contributed by atoms with E-state index >= 15 is 0 Å². The molecule has 2 amide bonds. The van der Waals surface area contributed by atoms with Gasteiger partial charge in [-0.15, -0.1) is 6.42 Å². The van der Waals surface area contributed by atoms with Gasteiger partial charge in [0.15, 0.2) is 5.78 Å². The largest absolute Gasteiger partial charge is 0.351 e. The minimum atomic E-state index is -0.423. The van der Waals surface area contributed by atoms with Crippen LogP contribution in [-0.2, 0) is 4.79 Å². The van der Waals surface area contributed by atoms with Gasteiger partial charge in [-0.05, 0) is 30.3 Å². The zero-order valence-electron chi connectivity index (χ0n) is 13.9. The van der Waals surface area contributed by atoms with Gasteiger partial charge < -0.3 is 10.6 Å². The number of benzene rings is 2. The van der Waals surface area contributed by atoms with Crippen molar-refractivity contribution in [2.45, 2.75) is 6.42 Å². The van der Waals surface area contributed by atoms with Crippen molar-refractivity contribution < 1.29 is 14.4 Å². The number of nitrogens with one attached hydrogen (secondary N) is 2. The summed E-state index contributed by atoms with van der Waals surface area (Å²) in [5.74, 6) is 1.34. The fraction of sp³-hybridized carbons (Fsp3) is 0.150. The highest BCUT2D eigenvalue weighted by molar-refractivity contribution is 6.30. The summed E-state index contributed by atoms with van der Waals surface area (Å²) >= 11 is 5.84. The van der Waals surface area contributed by atoms with Crippen molar-refractivity contribution in [1.29, 1.82) is 0 Å². The number of carbonyl (C=O) groups is 3. The van der Waals surface area contributed by atoms with Gasteiger partial charge in [0.05, 0.1) is 12.1 Å². The summed E-state index contributed by atoms with van der Waals surface area (Å²) in [6, 6.07) is 13.0. The Hall–Kier alpha value is -3.10. The molecule has 6 heteroatoms. The summed E-state index contributed by atoms with van der Waals surface area (Å²) in [6.07, 6.45) is 5.16. The van der Waals surface area contributed by atoms with Gasteiger partial charge in [0.1, 0.15) is 0 Å². The van der Waals surface area contributed by atoms with Crippen molar-refractivity contribution in [3.63, 3.8) is 0 Å². The van der Waals surface area contributed by atoms with E-state index < -0.39 is 5.91 Å². The first-order valence-corrected chi connectivity index (χ1v) is 8.28. The Morgan fingerprint density at radius 1 is 0.962 bits per heavy atom. The van der Waals surface area contributed by atoms with Gasteiger partial charge in [0, 0.05) is 29.1 Å². The maximum Gasteiger partial charge on any atom is 0.252 e. The number of carbonyl (C=O) groups excluding carboxylic acids is 3. The Labute approximate surface area is 156 Å². The van der Waals surface area contributed by atoms with Crippen LogP contribution in [0.1, 0.15) is 32.7 Å². The van der Waals surface area contributed by atoms with Crippen molar-refractivity contribution in [2.24, 2.45) is 0 Å². The Balaban J connectivity index is 2.07. The molecule has 2 rings (SSSR count). The average molecular weight is 369 g/mol. The molecule has 0 heterocycles. The monoisotopic (exact) mass is 368 g/mol. The molecule has 132 valence electrons. The Bertz CT molecular complexity index is 854. The number of amides is 2. The predicted octanol–water partition coefficient (Wildman–Crippen LogP) is 2.44. The highest BCUT2D eigenvalue weighted by Crippen LogP contribution is 2.17. The molecule has 2 aromatic carbocycles. The number of ketones is 1. The van der Waals surface area contributed by atoms with Crippen molar-refractivity contribution in [3.8, 4) is 12.3 Å². The lowest BCUT2D eigenvalue weighted by atomic mass is 9.98. The lowest BCUT2D eigenvalue weighted by Gasteiger charge is -2.10. The van der Waals surface area contributed by atoms with Gasteiger partial charge >= 0.3 is 0 Å². The van der Waals surface area contributed by atoms with Crippen LogP contribution in [0.5, 0.6) is 0 Å². The highest BCUT2D eigenvalue weighted by Gasteiger charge is 2.18. The van der Waals surface area contributed by atoms with E-state index in [-0.39, 0.29) is 42.3 Å². The van der Waals surface area contributed by atoms with E-state index in [0.717, 1.165) is 0 Å². The van der Waals surface area contributed by atoms with Crippen LogP contribution in [-0.4, -0.2) is 30.7 Å². The topological polar surface area (TPSA) is 75.3 Å². The molecule has 5 nitrogen and oxygen atoms in total. The molecule has 2 N–H and O–H groups in total. The molecule has 26 heavy (non-hydrogen) atoms. The fourth-order valence-corrected chi connectivity index (χ4v) is 2.38. The first-order valence-electron chi connectivity index (χ1n) is 7.90. The fourth-order valence-electron chi connectivity index (χ4n) is 2.26. The molecule has 0 spiro atoms. The van der Waals surface area contributed by atoms with Crippen molar-refractivity contribution in [2.75, 3.05) is 13.1 Å². The number of halogens is 1. The average Bonchev–Trinajstić information content (AvgIpc) is 2.66. The summed E-state index contributed by atoms with van der Waals surface area (Å²) in [5.41, 5.74) is 0.962. The molecule has 0 atom stereocenters. The van der Waals surface area contributed by atoms with Crippen molar-refractivity contribution in [1.82, 2.24) is 10.6 Å². The zero-order valence-corrected chi connectivity index (χ0v) is 14.7. The molecule has 0 aliphatic heterocycles. The van der Waals surface area contributed by atoms with Gasteiger partial charge in [0.25, 0.3) is 5.91 Å². The van der Waals surface area contributed by atoms with Crippen LogP contribution in [0.15, 0.2) is 48.5 Å². The number of rotatable bonds is 7. The van der Waals surface area contributed by atoms with E-state index in [1.54, 1.807) is 48.5 Å². The Kier molecular flexibility index (Phi) is 6.95. The molecule has 0 aliphatic carbocycles. The normalized spacial score (nSPS) is 9.85. The standard InChI is InChI=1S/C20H17ClN2O3/c1-2-12-22-18(24)11-13-23-20(26)17-6-4-3-5-16(17)19(25)14-7-9-15(21)10-8-14/h1,3-10H,11-13H2,(H,22,24)(H,23,26). The van der Waals surface area contributed by atoms with Crippen LogP contribution >= 0.6 is 11.6 Å². The highest BCUT2D eigenvalue weighted by atomic mass is 35.5. The zero-order chi connectivity index (χ0) is 18.9. The van der Waals surface area contributed by atoms with Crippen LogP contribution in [0.3, 0.4) is 0 Å². The summed E-state index contributed by atoms with van der Waals surface area (Å²) in [7, 11) is 0. The molecule has 0 aliphatic rings. The summed E-state index contributed by atoms with van der Waals surface area (Å²) in [5, 5.41) is 5.67. The number of hydrogen-bond acceptors (Lipinski definition) is 3. The maximum atomic E-state index is 12.7. The Morgan fingerprint density at radius 3 is 2.27 bits per heavy atom. The minimum absolute atomic E-state index is 0.0979. The molecule has 2 aromatic rings. The van der Waals surface area contributed by atoms with E-state index in [9.17, 15) is 14.4 Å². The Morgan fingerprint density at radius 2 is 1.62 bits per heavy atom. The first kappa shape index (κ1) is 19.2. The molecule has 0 saturated carbocycles. The third-order valence-corrected chi connectivity index (χ3v) is 3.80. The van der Waals surface area contributed by atoms with Gasteiger partial charge in [-0.25, -0.2) is 0 Å². The number of terminal acetylenes is 1. The summed E-state index contributed by atoms with van der Waals surface area (Å²) < 4.78 is 0. The molecule has 0 bridgehead atoms. The molecular formula is C20H17ClN2O3. The molecule has 0 radical (unpaired) electrons. The maximum absolute atomic E-state index is 12.7. The first-order chi connectivity index (χ1) is 12.5. The van der Waals surface area contributed by atoms with Crippen molar-refractivity contribution in [3.05, 3.63) is 70.2 Å². The summed E-state index contributed by atoms with van der Waals surface area (Å²) in [4.78, 5) is 36.6. The molecule has 0 fully saturated rings. The molecule has 0 unspecified atom stereocenters. The van der Waals surface area contributed by atoms with Crippen LogP contribution in [0, 0.1) is 12.3 Å². The second-order valence-corrected chi connectivity index (χ2v) is 5.80. The van der Waals surface area contributed by atoms with Crippen LogP contribution in [0.4, 0.5) is 0 Å². The summed E-state index contributed by atoms with van der Waals surface area (Å²) in [6.45, 7) is 0.282. The van der Waals surface area contributed by atoms with Gasteiger partial charge in [-0.1, -0.05) is 35.7 Å². The van der Waals surface area contributed by atoms with E-state index in [1.165, 1.54) is 0 Å². The smallest absolute Gasteiger partial charge is 0.252 e. The van der Waals surface area contributed by atoms with Crippen LogP contribution < -0.4 is 10.6 Å². The van der Waals surface area contributed by atoms with E-state index in [0.29, 0.717) is 10.6 Å². The quantitative estimate of drug-likeness (QED) is 0.582. The third-order valence-electron chi connectivity index (χ3n) is 3.55. The lowest BCUT2D eigenvalue weighted by Crippen LogP contribution is -2.31. The van der Waals surface area contributed by atoms with Gasteiger partial charge in [-0.2, -0.15) is 0 Å². The molecule has 0 saturated heterocycles.